The fourth-order valence-electron chi connectivity index (χ4n) is 2.15. The molecule has 0 aliphatic carbocycles. The summed E-state index contributed by atoms with van der Waals surface area (Å²) in [7, 11) is 0. The Kier molecular flexibility index (Phi) is 4.07. The second kappa shape index (κ2) is 5.56. The molecule has 1 saturated heterocycles. The van der Waals surface area contributed by atoms with Gasteiger partial charge in [-0.25, -0.2) is 8.78 Å². The van der Waals surface area contributed by atoms with Gasteiger partial charge in [-0.2, -0.15) is 0 Å². The molecule has 0 spiro atoms. The van der Waals surface area contributed by atoms with Crippen LogP contribution in [0.5, 0.6) is 0 Å². The van der Waals surface area contributed by atoms with E-state index in [0.717, 1.165) is 0 Å². The number of alkyl halides is 2. The highest BCUT2D eigenvalue weighted by atomic mass is 19.1. The first-order valence-corrected chi connectivity index (χ1v) is 5.98. The molecule has 0 amide bonds. The van der Waals surface area contributed by atoms with E-state index in [0.29, 0.717) is 18.5 Å². The highest BCUT2D eigenvalue weighted by molar-refractivity contribution is 5.17. The SMILES string of the molecule is NC1CCN(CC(F)c2ccccc2)CC1F. The third-order valence-electron chi connectivity index (χ3n) is 3.26. The average molecular weight is 240 g/mol. The number of halogens is 2. The Balaban J connectivity index is 1.89. The molecule has 94 valence electrons. The summed E-state index contributed by atoms with van der Waals surface area (Å²) in [5.41, 5.74) is 6.24. The first-order valence-electron chi connectivity index (χ1n) is 5.98. The first-order chi connectivity index (χ1) is 8.16. The van der Waals surface area contributed by atoms with Gasteiger partial charge in [0.25, 0.3) is 0 Å². The maximum absolute atomic E-state index is 13.9. The normalized spacial score (nSPS) is 27.9. The number of rotatable bonds is 3. The van der Waals surface area contributed by atoms with Gasteiger partial charge < -0.3 is 5.73 Å². The summed E-state index contributed by atoms with van der Waals surface area (Å²) in [5.74, 6) is 0. The quantitative estimate of drug-likeness (QED) is 0.876. The van der Waals surface area contributed by atoms with E-state index in [1.54, 1.807) is 12.1 Å². The van der Waals surface area contributed by atoms with E-state index in [-0.39, 0.29) is 19.1 Å². The Hall–Kier alpha value is -1.00. The van der Waals surface area contributed by atoms with Crippen molar-refractivity contribution in [2.75, 3.05) is 19.6 Å². The molecule has 3 atom stereocenters. The van der Waals surface area contributed by atoms with Crippen molar-refractivity contribution in [2.24, 2.45) is 5.73 Å². The van der Waals surface area contributed by atoms with E-state index in [9.17, 15) is 8.78 Å². The molecule has 0 aromatic heterocycles. The summed E-state index contributed by atoms with van der Waals surface area (Å²) in [5, 5.41) is 0. The summed E-state index contributed by atoms with van der Waals surface area (Å²) in [6, 6.07) is 8.60. The zero-order valence-corrected chi connectivity index (χ0v) is 9.73. The van der Waals surface area contributed by atoms with Crippen LogP contribution in [0, 0.1) is 0 Å². The molecule has 3 unspecified atom stereocenters. The highest BCUT2D eigenvalue weighted by Gasteiger charge is 2.27. The van der Waals surface area contributed by atoms with Crippen LogP contribution in [0.1, 0.15) is 18.2 Å². The molecular weight excluding hydrogens is 222 g/mol. The number of likely N-dealkylation sites (tertiary alicyclic amines) is 1. The van der Waals surface area contributed by atoms with Gasteiger partial charge in [-0.05, 0) is 18.5 Å². The monoisotopic (exact) mass is 240 g/mol. The van der Waals surface area contributed by atoms with Gasteiger partial charge in [0.15, 0.2) is 0 Å². The first kappa shape index (κ1) is 12.5. The minimum atomic E-state index is -1.06. The molecule has 1 heterocycles. The van der Waals surface area contributed by atoms with Gasteiger partial charge in [-0.3, -0.25) is 4.90 Å². The maximum atomic E-state index is 13.9. The fourth-order valence-corrected chi connectivity index (χ4v) is 2.15. The van der Waals surface area contributed by atoms with Gasteiger partial charge in [0.1, 0.15) is 12.3 Å². The summed E-state index contributed by atoms with van der Waals surface area (Å²) in [6.45, 7) is 1.17. The number of nitrogens with zero attached hydrogens (tertiary/aromatic N) is 1. The van der Waals surface area contributed by atoms with Gasteiger partial charge in [0, 0.05) is 19.1 Å². The Morgan fingerprint density at radius 3 is 2.71 bits per heavy atom. The predicted octanol–water partition coefficient (Wildman–Crippen LogP) is 2.07. The average Bonchev–Trinajstić information content (AvgIpc) is 2.35. The Morgan fingerprint density at radius 2 is 2.06 bits per heavy atom. The Morgan fingerprint density at radius 1 is 1.35 bits per heavy atom. The predicted molar refractivity (Wildman–Crippen MR) is 64.2 cm³/mol. The standard InChI is InChI=1S/C13H18F2N2/c14-11(10-4-2-1-3-5-10)8-17-7-6-13(16)12(15)9-17/h1-5,11-13H,6-9,16H2. The number of hydrogen-bond donors (Lipinski definition) is 1. The molecule has 1 aromatic rings. The molecule has 0 saturated carbocycles. The van der Waals surface area contributed by atoms with Crippen molar-refractivity contribution in [3.05, 3.63) is 35.9 Å². The molecule has 17 heavy (non-hydrogen) atoms. The molecule has 2 nitrogen and oxygen atoms in total. The zero-order valence-electron chi connectivity index (χ0n) is 9.73. The third-order valence-corrected chi connectivity index (χ3v) is 3.26. The fraction of sp³-hybridized carbons (Fsp3) is 0.538. The summed E-state index contributed by atoms with van der Waals surface area (Å²) >= 11 is 0. The van der Waals surface area contributed by atoms with Crippen LogP contribution in [0.2, 0.25) is 0 Å². The second-order valence-electron chi connectivity index (χ2n) is 4.61. The van der Waals surface area contributed by atoms with Crippen molar-refractivity contribution in [1.29, 1.82) is 0 Å². The number of benzene rings is 1. The number of nitrogens with two attached hydrogens (primary N) is 1. The van der Waals surface area contributed by atoms with E-state index in [2.05, 4.69) is 0 Å². The lowest BCUT2D eigenvalue weighted by atomic mass is 10.0. The molecule has 1 fully saturated rings. The molecule has 0 radical (unpaired) electrons. The van der Waals surface area contributed by atoms with Gasteiger partial charge in [0.2, 0.25) is 0 Å². The highest BCUT2D eigenvalue weighted by Crippen LogP contribution is 2.21. The molecule has 0 bridgehead atoms. The second-order valence-corrected chi connectivity index (χ2v) is 4.61. The van der Waals surface area contributed by atoms with E-state index in [1.807, 2.05) is 23.1 Å². The van der Waals surface area contributed by atoms with Gasteiger partial charge >= 0.3 is 0 Å². The minimum Gasteiger partial charge on any atom is -0.325 e. The molecular formula is C13H18F2N2. The summed E-state index contributed by atoms with van der Waals surface area (Å²) in [4.78, 5) is 1.81. The van der Waals surface area contributed by atoms with Crippen molar-refractivity contribution in [3.63, 3.8) is 0 Å². The van der Waals surface area contributed by atoms with Crippen LogP contribution in [0.3, 0.4) is 0 Å². The van der Waals surface area contributed by atoms with Crippen molar-refractivity contribution >= 4 is 0 Å². The van der Waals surface area contributed by atoms with E-state index in [1.165, 1.54) is 0 Å². The van der Waals surface area contributed by atoms with Gasteiger partial charge in [-0.1, -0.05) is 30.3 Å². The van der Waals surface area contributed by atoms with Crippen LogP contribution >= 0.6 is 0 Å². The Labute approximate surface area is 100 Å². The molecule has 4 heteroatoms. The maximum Gasteiger partial charge on any atom is 0.138 e. The largest absolute Gasteiger partial charge is 0.325 e. The van der Waals surface area contributed by atoms with Crippen molar-refractivity contribution in [2.45, 2.75) is 24.8 Å². The van der Waals surface area contributed by atoms with Crippen LogP contribution in [0.25, 0.3) is 0 Å². The molecule has 1 aromatic carbocycles. The molecule has 1 aliphatic heterocycles. The van der Waals surface area contributed by atoms with Gasteiger partial charge in [-0.15, -0.1) is 0 Å². The smallest absolute Gasteiger partial charge is 0.138 e. The van der Waals surface area contributed by atoms with Crippen LogP contribution < -0.4 is 5.73 Å². The minimum absolute atomic E-state index is 0.244. The number of hydrogen-bond acceptors (Lipinski definition) is 2. The van der Waals surface area contributed by atoms with E-state index >= 15 is 0 Å². The summed E-state index contributed by atoms with van der Waals surface area (Å²) < 4.78 is 27.3. The van der Waals surface area contributed by atoms with Gasteiger partial charge in [0.05, 0.1) is 0 Å². The zero-order chi connectivity index (χ0) is 12.3. The molecule has 2 rings (SSSR count). The molecule has 1 aliphatic rings. The van der Waals surface area contributed by atoms with Crippen molar-refractivity contribution in [1.82, 2.24) is 4.90 Å². The van der Waals surface area contributed by atoms with Crippen molar-refractivity contribution < 1.29 is 8.78 Å². The van der Waals surface area contributed by atoms with Crippen LogP contribution in [-0.2, 0) is 0 Å². The molecule has 2 N–H and O–H groups in total. The third kappa shape index (κ3) is 3.23. The lowest BCUT2D eigenvalue weighted by Gasteiger charge is -2.33. The Bertz CT molecular complexity index is 345. The van der Waals surface area contributed by atoms with Crippen LogP contribution in [0.4, 0.5) is 8.78 Å². The van der Waals surface area contributed by atoms with E-state index in [4.69, 9.17) is 5.73 Å². The van der Waals surface area contributed by atoms with Crippen molar-refractivity contribution in [3.8, 4) is 0 Å². The number of piperidine rings is 1. The van der Waals surface area contributed by atoms with Crippen LogP contribution in [-0.4, -0.2) is 36.7 Å². The van der Waals surface area contributed by atoms with E-state index < -0.39 is 12.3 Å². The lowest BCUT2D eigenvalue weighted by Crippen LogP contribution is -2.49. The van der Waals surface area contributed by atoms with Crippen LogP contribution in [0.15, 0.2) is 30.3 Å². The summed E-state index contributed by atoms with van der Waals surface area (Å²) in [6.07, 6.45) is -1.49. The topological polar surface area (TPSA) is 29.3 Å². The lowest BCUT2D eigenvalue weighted by molar-refractivity contribution is 0.0954.